The molecule has 0 unspecified atom stereocenters. The Bertz CT molecular complexity index is 570. The number of anilines is 1. The Labute approximate surface area is 132 Å². The van der Waals surface area contributed by atoms with Gasteiger partial charge in [-0.05, 0) is 18.2 Å². The first kappa shape index (κ1) is 16.5. The van der Waals surface area contributed by atoms with Gasteiger partial charge in [-0.15, -0.1) is 0 Å². The van der Waals surface area contributed by atoms with E-state index in [4.69, 9.17) is 30.9 Å². The summed E-state index contributed by atoms with van der Waals surface area (Å²) in [5.41, 5.74) is 0.392. The molecule has 1 aromatic carbocycles. The molecule has 0 spiro atoms. The average Bonchev–Trinajstić information content (AvgIpc) is 2.85. The number of aliphatic carboxylic acids is 1. The van der Waals surface area contributed by atoms with Crippen LogP contribution in [0.1, 0.15) is 12.8 Å². The molecule has 1 aliphatic heterocycles. The van der Waals surface area contributed by atoms with E-state index in [2.05, 4.69) is 5.32 Å². The maximum atomic E-state index is 12.2. The minimum absolute atomic E-state index is 0.241. The topological polar surface area (TPSA) is 94.1 Å². The van der Waals surface area contributed by atoms with Gasteiger partial charge in [0, 0.05) is 5.02 Å². The van der Waals surface area contributed by atoms with Gasteiger partial charge in [-0.1, -0.05) is 11.6 Å². The van der Waals surface area contributed by atoms with Crippen molar-refractivity contribution in [1.29, 1.82) is 0 Å². The van der Waals surface area contributed by atoms with Crippen LogP contribution in [0.4, 0.5) is 5.69 Å². The zero-order valence-corrected chi connectivity index (χ0v) is 12.7. The van der Waals surface area contributed by atoms with Gasteiger partial charge in [-0.25, -0.2) is 0 Å². The molecule has 0 aliphatic carbocycles. The van der Waals surface area contributed by atoms with Gasteiger partial charge in [-0.3, -0.25) is 9.59 Å². The van der Waals surface area contributed by atoms with Gasteiger partial charge < -0.3 is 24.6 Å². The third-order valence-corrected chi connectivity index (χ3v) is 3.33. The lowest BCUT2D eigenvalue weighted by atomic mass is 10.1. The van der Waals surface area contributed by atoms with E-state index in [-0.39, 0.29) is 19.6 Å². The Morgan fingerprint density at radius 2 is 2.05 bits per heavy atom. The summed E-state index contributed by atoms with van der Waals surface area (Å²) in [5.74, 6) is -2.54. The zero-order valence-electron chi connectivity index (χ0n) is 11.9. The summed E-state index contributed by atoms with van der Waals surface area (Å²) in [4.78, 5) is 23.1. The number of carboxylic acid groups (broad SMARTS) is 1. The monoisotopic (exact) mass is 329 g/mol. The van der Waals surface area contributed by atoms with Crippen LogP contribution in [0, 0.1) is 0 Å². The molecule has 1 fully saturated rings. The molecule has 1 aromatic rings. The van der Waals surface area contributed by atoms with Crippen LogP contribution in [0.2, 0.25) is 5.02 Å². The molecule has 22 heavy (non-hydrogen) atoms. The smallest absolute Gasteiger partial charge is 0.308 e. The molecule has 0 saturated carbocycles. The highest BCUT2D eigenvalue weighted by Crippen LogP contribution is 2.31. The lowest BCUT2D eigenvalue weighted by Crippen LogP contribution is -2.37. The number of nitrogens with one attached hydrogen (secondary N) is 1. The van der Waals surface area contributed by atoms with Crippen LogP contribution in [0.5, 0.6) is 5.75 Å². The first-order valence-electron chi connectivity index (χ1n) is 6.57. The summed E-state index contributed by atoms with van der Waals surface area (Å²) in [7, 11) is 1.47. The Kier molecular flexibility index (Phi) is 5.23. The van der Waals surface area contributed by atoms with E-state index >= 15 is 0 Å². The van der Waals surface area contributed by atoms with Gasteiger partial charge >= 0.3 is 5.97 Å². The van der Waals surface area contributed by atoms with Crippen molar-refractivity contribution in [2.45, 2.75) is 18.6 Å². The summed E-state index contributed by atoms with van der Waals surface area (Å²) >= 11 is 5.89. The summed E-state index contributed by atoms with van der Waals surface area (Å²) in [6.45, 7) is 0.502. The summed E-state index contributed by atoms with van der Waals surface area (Å²) in [6, 6.07) is 4.79. The van der Waals surface area contributed by atoms with Gasteiger partial charge in [-0.2, -0.15) is 0 Å². The van der Waals surface area contributed by atoms with Crippen molar-refractivity contribution in [3.8, 4) is 5.75 Å². The molecule has 0 atom stereocenters. The maximum Gasteiger partial charge on any atom is 0.308 e. The quantitative estimate of drug-likeness (QED) is 0.827. The molecule has 0 aromatic heterocycles. The van der Waals surface area contributed by atoms with Crippen LogP contribution >= 0.6 is 11.6 Å². The van der Waals surface area contributed by atoms with Crippen molar-refractivity contribution >= 4 is 29.2 Å². The fourth-order valence-corrected chi connectivity index (χ4v) is 2.38. The predicted molar refractivity (Wildman–Crippen MR) is 78.1 cm³/mol. The lowest BCUT2D eigenvalue weighted by Gasteiger charge is -2.25. The number of halogens is 1. The first-order valence-corrected chi connectivity index (χ1v) is 6.95. The van der Waals surface area contributed by atoms with E-state index in [0.29, 0.717) is 16.5 Å². The van der Waals surface area contributed by atoms with E-state index < -0.39 is 24.1 Å². The molecule has 1 aliphatic rings. The van der Waals surface area contributed by atoms with Crippen molar-refractivity contribution in [3.05, 3.63) is 23.2 Å². The first-order chi connectivity index (χ1) is 10.4. The van der Waals surface area contributed by atoms with Crippen LogP contribution in [0.15, 0.2) is 18.2 Å². The van der Waals surface area contributed by atoms with Crippen molar-refractivity contribution < 1.29 is 28.9 Å². The molecule has 0 bridgehead atoms. The Morgan fingerprint density at radius 1 is 1.36 bits per heavy atom. The highest BCUT2D eigenvalue weighted by molar-refractivity contribution is 6.31. The third kappa shape index (κ3) is 4.09. The standard InChI is InChI=1S/C14H16ClNO6/c1-20-11-3-2-9(15)6-10(11)16-12(17)7-14(8-13(18)19)21-4-5-22-14/h2-3,6H,4-5,7-8H2,1H3,(H,16,17)(H,18,19). The fraction of sp³-hybridized carbons (Fsp3) is 0.429. The highest BCUT2D eigenvalue weighted by atomic mass is 35.5. The number of amides is 1. The second-order valence-corrected chi connectivity index (χ2v) is 5.18. The summed E-state index contributed by atoms with van der Waals surface area (Å²) in [6.07, 6.45) is -0.651. The molecule has 1 amide bonds. The van der Waals surface area contributed by atoms with Crippen LogP contribution in [-0.4, -0.2) is 43.1 Å². The predicted octanol–water partition coefficient (Wildman–Crippen LogP) is 1.89. The zero-order chi connectivity index (χ0) is 16.2. The molecule has 1 heterocycles. The third-order valence-electron chi connectivity index (χ3n) is 3.10. The Hall–Kier alpha value is -1.83. The van der Waals surface area contributed by atoms with Crippen LogP contribution in [0.3, 0.4) is 0 Å². The minimum atomic E-state index is -1.43. The summed E-state index contributed by atoms with van der Waals surface area (Å²) in [5, 5.41) is 12.0. The molecule has 2 rings (SSSR count). The molecule has 120 valence electrons. The number of hydrogen-bond donors (Lipinski definition) is 2. The molecule has 1 saturated heterocycles. The van der Waals surface area contributed by atoms with Gasteiger partial charge in [0.15, 0.2) is 5.79 Å². The van der Waals surface area contributed by atoms with Gasteiger partial charge in [0.05, 0.1) is 38.9 Å². The molecule has 8 heteroatoms. The minimum Gasteiger partial charge on any atom is -0.495 e. The molecule has 0 radical (unpaired) electrons. The Balaban J connectivity index is 2.08. The average molecular weight is 330 g/mol. The Morgan fingerprint density at radius 3 is 2.64 bits per heavy atom. The number of carbonyl (C=O) groups excluding carboxylic acids is 1. The number of benzene rings is 1. The number of ether oxygens (including phenoxy) is 3. The van der Waals surface area contributed by atoms with Crippen molar-refractivity contribution in [1.82, 2.24) is 0 Å². The van der Waals surface area contributed by atoms with Gasteiger partial charge in [0.2, 0.25) is 5.91 Å². The lowest BCUT2D eigenvalue weighted by molar-refractivity contribution is -0.182. The van der Waals surface area contributed by atoms with Crippen molar-refractivity contribution in [2.75, 3.05) is 25.6 Å². The van der Waals surface area contributed by atoms with Crippen LogP contribution < -0.4 is 10.1 Å². The van der Waals surface area contributed by atoms with E-state index in [1.807, 2.05) is 0 Å². The maximum absolute atomic E-state index is 12.2. The fourth-order valence-electron chi connectivity index (χ4n) is 2.21. The second-order valence-electron chi connectivity index (χ2n) is 4.75. The van der Waals surface area contributed by atoms with Gasteiger partial charge in [0.1, 0.15) is 5.75 Å². The molecular weight excluding hydrogens is 314 g/mol. The number of methoxy groups -OCH3 is 1. The van der Waals surface area contributed by atoms with E-state index in [0.717, 1.165) is 0 Å². The number of carbonyl (C=O) groups is 2. The second kappa shape index (κ2) is 6.95. The van der Waals surface area contributed by atoms with E-state index in [1.165, 1.54) is 7.11 Å². The summed E-state index contributed by atoms with van der Waals surface area (Å²) < 4.78 is 15.8. The largest absolute Gasteiger partial charge is 0.495 e. The van der Waals surface area contributed by atoms with Crippen LogP contribution in [0.25, 0.3) is 0 Å². The van der Waals surface area contributed by atoms with Gasteiger partial charge in [0.25, 0.3) is 0 Å². The van der Waals surface area contributed by atoms with E-state index in [1.54, 1.807) is 18.2 Å². The number of hydrogen-bond acceptors (Lipinski definition) is 5. The number of carboxylic acids is 1. The molecule has 2 N–H and O–H groups in total. The van der Waals surface area contributed by atoms with Crippen molar-refractivity contribution in [3.63, 3.8) is 0 Å². The van der Waals surface area contributed by atoms with E-state index in [9.17, 15) is 9.59 Å². The SMILES string of the molecule is COc1ccc(Cl)cc1NC(=O)CC1(CC(=O)O)OCCO1. The normalized spacial score (nSPS) is 16.3. The molecular formula is C14H16ClNO6. The van der Waals surface area contributed by atoms with Crippen molar-refractivity contribution in [2.24, 2.45) is 0 Å². The molecule has 7 nitrogen and oxygen atoms in total. The number of rotatable bonds is 6. The highest BCUT2D eigenvalue weighted by Gasteiger charge is 2.41. The van der Waals surface area contributed by atoms with Crippen LogP contribution in [-0.2, 0) is 19.1 Å².